The van der Waals surface area contributed by atoms with Gasteiger partial charge in [0.05, 0.1) is 20.3 Å². The standard InChI is InChI=1S/C28H27N3O6/c1-36-26(34)16-15-25(33)31-30-24(32)14-13-20-8-3-5-11-22(20)27(35)29-28(17-37-18-28)23-12-6-9-19-7-2-4-10-21(19)23/h2-12,15-16H,13-14,17-18H2,1H3,(H,29,35)(H,30,32)(H,31,33)/b16-15+. The fraction of sp³-hybridized carbons (Fsp3) is 0.214. The minimum absolute atomic E-state index is 0.0306. The van der Waals surface area contributed by atoms with Gasteiger partial charge in [0.25, 0.3) is 11.8 Å². The lowest BCUT2D eigenvalue weighted by Gasteiger charge is -2.43. The van der Waals surface area contributed by atoms with Crippen LogP contribution in [0.4, 0.5) is 0 Å². The molecule has 3 aromatic rings. The fourth-order valence-electron chi connectivity index (χ4n) is 4.18. The first-order valence-electron chi connectivity index (χ1n) is 11.7. The average molecular weight is 502 g/mol. The summed E-state index contributed by atoms with van der Waals surface area (Å²) < 4.78 is 9.93. The van der Waals surface area contributed by atoms with Crippen LogP contribution >= 0.6 is 0 Å². The Hall–Kier alpha value is -4.50. The van der Waals surface area contributed by atoms with Gasteiger partial charge < -0.3 is 14.8 Å². The van der Waals surface area contributed by atoms with Gasteiger partial charge in [-0.1, -0.05) is 60.7 Å². The second kappa shape index (κ2) is 11.5. The van der Waals surface area contributed by atoms with Gasteiger partial charge in [0.1, 0.15) is 5.54 Å². The molecule has 1 heterocycles. The van der Waals surface area contributed by atoms with E-state index >= 15 is 0 Å². The number of rotatable bonds is 8. The number of nitrogens with one attached hydrogen (secondary N) is 3. The Bertz CT molecular complexity index is 1360. The van der Waals surface area contributed by atoms with E-state index in [9.17, 15) is 19.2 Å². The Morgan fingerprint density at radius 2 is 1.65 bits per heavy atom. The van der Waals surface area contributed by atoms with Gasteiger partial charge >= 0.3 is 5.97 Å². The molecule has 0 aromatic heterocycles. The predicted molar refractivity (Wildman–Crippen MR) is 136 cm³/mol. The van der Waals surface area contributed by atoms with Gasteiger partial charge in [0.2, 0.25) is 5.91 Å². The molecule has 9 heteroatoms. The molecular weight excluding hydrogens is 474 g/mol. The summed E-state index contributed by atoms with van der Waals surface area (Å²) in [5.74, 6) is -2.07. The van der Waals surface area contributed by atoms with E-state index < -0.39 is 23.3 Å². The van der Waals surface area contributed by atoms with E-state index in [0.29, 0.717) is 24.3 Å². The molecular formula is C28H27N3O6. The highest BCUT2D eigenvalue weighted by Gasteiger charge is 2.43. The molecule has 0 radical (unpaired) electrons. The molecule has 0 spiro atoms. The summed E-state index contributed by atoms with van der Waals surface area (Å²) in [5, 5.41) is 5.32. The normalized spacial score (nSPS) is 14.0. The molecule has 9 nitrogen and oxygen atoms in total. The van der Waals surface area contributed by atoms with Crippen LogP contribution in [0.25, 0.3) is 10.8 Å². The first kappa shape index (κ1) is 25.6. The number of fused-ring (bicyclic) bond motifs is 1. The highest BCUT2D eigenvalue weighted by Crippen LogP contribution is 2.35. The number of carbonyl (C=O) groups excluding carboxylic acids is 4. The summed E-state index contributed by atoms with van der Waals surface area (Å²) in [6.45, 7) is 0.725. The topological polar surface area (TPSA) is 123 Å². The highest BCUT2D eigenvalue weighted by atomic mass is 16.5. The average Bonchev–Trinajstić information content (AvgIpc) is 2.91. The number of benzene rings is 3. The molecule has 0 saturated carbocycles. The molecule has 1 fully saturated rings. The number of ether oxygens (including phenoxy) is 2. The van der Waals surface area contributed by atoms with Crippen molar-refractivity contribution < 1.29 is 28.7 Å². The molecule has 1 aliphatic rings. The molecule has 3 amide bonds. The maximum absolute atomic E-state index is 13.4. The van der Waals surface area contributed by atoms with E-state index in [1.165, 1.54) is 7.11 Å². The summed E-state index contributed by atoms with van der Waals surface area (Å²) in [4.78, 5) is 48.4. The molecule has 0 aliphatic carbocycles. The van der Waals surface area contributed by atoms with Crippen molar-refractivity contribution in [3.8, 4) is 0 Å². The van der Waals surface area contributed by atoms with Gasteiger partial charge in [-0.15, -0.1) is 0 Å². The number of methoxy groups -OCH3 is 1. The SMILES string of the molecule is COC(=O)/C=C/C(=O)NNC(=O)CCc1ccccc1C(=O)NC1(c2cccc3ccccc23)COC1. The zero-order chi connectivity index (χ0) is 26.3. The lowest BCUT2D eigenvalue weighted by molar-refractivity contribution is -0.135. The maximum Gasteiger partial charge on any atom is 0.330 e. The minimum Gasteiger partial charge on any atom is -0.466 e. The van der Waals surface area contributed by atoms with Crippen molar-refractivity contribution in [2.24, 2.45) is 0 Å². The third kappa shape index (κ3) is 6.02. The molecule has 3 N–H and O–H groups in total. The quantitative estimate of drug-likeness (QED) is 0.247. The first-order valence-corrected chi connectivity index (χ1v) is 11.7. The van der Waals surface area contributed by atoms with Gasteiger partial charge in [-0.3, -0.25) is 25.2 Å². The van der Waals surface area contributed by atoms with Gasteiger partial charge in [0, 0.05) is 24.1 Å². The van der Waals surface area contributed by atoms with Gasteiger partial charge in [0.15, 0.2) is 0 Å². The van der Waals surface area contributed by atoms with Crippen LogP contribution in [0.2, 0.25) is 0 Å². The van der Waals surface area contributed by atoms with Crippen molar-refractivity contribution in [3.63, 3.8) is 0 Å². The summed E-state index contributed by atoms with van der Waals surface area (Å²) in [5.41, 5.74) is 5.98. The van der Waals surface area contributed by atoms with Crippen molar-refractivity contribution in [1.82, 2.24) is 16.2 Å². The van der Waals surface area contributed by atoms with Gasteiger partial charge in [-0.05, 0) is 34.4 Å². The summed E-state index contributed by atoms with van der Waals surface area (Å²) >= 11 is 0. The van der Waals surface area contributed by atoms with Crippen molar-refractivity contribution in [2.75, 3.05) is 20.3 Å². The fourth-order valence-corrected chi connectivity index (χ4v) is 4.18. The first-order chi connectivity index (χ1) is 17.9. The number of amides is 3. The van der Waals surface area contributed by atoms with Crippen molar-refractivity contribution in [3.05, 3.63) is 95.6 Å². The van der Waals surface area contributed by atoms with E-state index in [-0.39, 0.29) is 18.7 Å². The largest absolute Gasteiger partial charge is 0.466 e. The molecule has 1 aliphatic heterocycles. The van der Waals surface area contributed by atoms with Crippen LogP contribution in [0.5, 0.6) is 0 Å². The minimum atomic E-state index is -0.688. The maximum atomic E-state index is 13.4. The molecule has 37 heavy (non-hydrogen) atoms. The molecule has 1 saturated heterocycles. The summed E-state index contributed by atoms with van der Waals surface area (Å²) in [7, 11) is 1.19. The second-order valence-corrected chi connectivity index (χ2v) is 8.61. The Labute approximate surface area is 213 Å². The van der Waals surface area contributed by atoms with Gasteiger partial charge in [-0.25, -0.2) is 4.79 Å². The number of hydrazine groups is 1. The van der Waals surface area contributed by atoms with E-state index in [1.807, 2.05) is 42.5 Å². The van der Waals surface area contributed by atoms with Crippen molar-refractivity contribution in [2.45, 2.75) is 18.4 Å². The molecule has 3 aromatic carbocycles. The van der Waals surface area contributed by atoms with Crippen molar-refractivity contribution >= 4 is 34.5 Å². The number of hydrogen-bond acceptors (Lipinski definition) is 6. The number of esters is 1. The number of carbonyl (C=O) groups is 4. The zero-order valence-electron chi connectivity index (χ0n) is 20.3. The Morgan fingerprint density at radius 3 is 2.41 bits per heavy atom. The summed E-state index contributed by atoms with van der Waals surface area (Å²) in [6, 6.07) is 21.1. The van der Waals surface area contributed by atoms with E-state index in [4.69, 9.17) is 4.74 Å². The van der Waals surface area contributed by atoms with Crippen LogP contribution in [-0.2, 0) is 35.8 Å². The number of hydrogen-bond donors (Lipinski definition) is 3. The number of aryl methyl sites for hydroxylation is 1. The molecule has 0 atom stereocenters. The van der Waals surface area contributed by atoms with E-state index in [1.54, 1.807) is 24.3 Å². The van der Waals surface area contributed by atoms with E-state index in [2.05, 4.69) is 20.9 Å². The molecule has 4 rings (SSSR count). The van der Waals surface area contributed by atoms with Crippen LogP contribution in [0.3, 0.4) is 0 Å². The molecule has 0 unspecified atom stereocenters. The van der Waals surface area contributed by atoms with Crippen LogP contribution in [0.1, 0.15) is 27.9 Å². The lowest BCUT2D eigenvalue weighted by Crippen LogP contribution is -2.59. The van der Waals surface area contributed by atoms with E-state index in [0.717, 1.165) is 28.5 Å². The highest BCUT2D eigenvalue weighted by molar-refractivity contribution is 5.98. The Balaban J connectivity index is 1.41. The third-order valence-electron chi connectivity index (χ3n) is 6.14. The smallest absolute Gasteiger partial charge is 0.330 e. The molecule has 190 valence electrons. The van der Waals surface area contributed by atoms with Crippen molar-refractivity contribution in [1.29, 1.82) is 0 Å². The molecule has 0 bridgehead atoms. The Kier molecular flexibility index (Phi) is 7.95. The van der Waals surface area contributed by atoms with Crippen LogP contribution in [-0.4, -0.2) is 44.0 Å². The zero-order valence-corrected chi connectivity index (χ0v) is 20.3. The second-order valence-electron chi connectivity index (χ2n) is 8.61. The monoisotopic (exact) mass is 501 g/mol. The summed E-state index contributed by atoms with van der Waals surface area (Å²) in [6.07, 6.45) is 2.19. The van der Waals surface area contributed by atoms with Crippen LogP contribution in [0.15, 0.2) is 78.9 Å². The lowest BCUT2D eigenvalue weighted by atomic mass is 9.84. The third-order valence-corrected chi connectivity index (χ3v) is 6.14. The predicted octanol–water partition coefficient (Wildman–Crippen LogP) is 2.30. The van der Waals surface area contributed by atoms with Gasteiger partial charge in [-0.2, -0.15) is 0 Å². The Morgan fingerprint density at radius 1 is 0.919 bits per heavy atom. The van der Waals surface area contributed by atoms with Crippen LogP contribution in [0, 0.1) is 0 Å². The van der Waals surface area contributed by atoms with Crippen LogP contribution < -0.4 is 16.2 Å².